The SMILES string of the molecule is Clc1ccc(C(c2ccc(Cl)cc2)c2cccs2)cc1. The van der Waals surface area contributed by atoms with Gasteiger partial charge in [0.25, 0.3) is 0 Å². The van der Waals surface area contributed by atoms with Crippen molar-refractivity contribution in [3.8, 4) is 0 Å². The Morgan fingerprint density at radius 1 is 0.700 bits per heavy atom. The smallest absolute Gasteiger partial charge is 0.0433 e. The second-order valence-electron chi connectivity index (χ2n) is 4.55. The minimum atomic E-state index is 0.226. The first kappa shape index (κ1) is 13.7. The quantitative estimate of drug-likeness (QED) is 0.536. The van der Waals surface area contributed by atoms with E-state index in [2.05, 4.69) is 41.8 Å². The summed E-state index contributed by atoms with van der Waals surface area (Å²) in [6, 6.07) is 20.3. The van der Waals surface area contributed by atoms with Gasteiger partial charge in [-0.2, -0.15) is 0 Å². The van der Waals surface area contributed by atoms with E-state index in [4.69, 9.17) is 23.2 Å². The maximum atomic E-state index is 5.99. The molecular formula is C17H12Cl2S. The molecule has 0 aliphatic rings. The zero-order valence-corrected chi connectivity index (χ0v) is 12.9. The zero-order valence-electron chi connectivity index (χ0n) is 10.6. The van der Waals surface area contributed by atoms with Crippen LogP contribution in [-0.4, -0.2) is 0 Å². The first-order chi connectivity index (χ1) is 9.74. The highest BCUT2D eigenvalue weighted by Gasteiger charge is 2.17. The fraction of sp³-hybridized carbons (Fsp3) is 0.0588. The highest BCUT2D eigenvalue weighted by Crippen LogP contribution is 2.35. The number of rotatable bonds is 3. The van der Waals surface area contributed by atoms with Crippen molar-refractivity contribution < 1.29 is 0 Å². The molecule has 3 aromatic rings. The van der Waals surface area contributed by atoms with Crippen LogP contribution < -0.4 is 0 Å². The lowest BCUT2D eigenvalue weighted by molar-refractivity contribution is 1.01. The molecule has 0 aliphatic heterocycles. The van der Waals surface area contributed by atoms with Gasteiger partial charge < -0.3 is 0 Å². The fourth-order valence-electron chi connectivity index (χ4n) is 2.29. The average Bonchev–Trinajstić information content (AvgIpc) is 2.97. The van der Waals surface area contributed by atoms with Crippen molar-refractivity contribution in [2.75, 3.05) is 0 Å². The zero-order chi connectivity index (χ0) is 13.9. The lowest BCUT2D eigenvalue weighted by atomic mass is 9.90. The van der Waals surface area contributed by atoms with E-state index in [0.29, 0.717) is 0 Å². The van der Waals surface area contributed by atoms with Gasteiger partial charge in [0.15, 0.2) is 0 Å². The van der Waals surface area contributed by atoms with Gasteiger partial charge in [0.05, 0.1) is 0 Å². The summed E-state index contributed by atoms with van der Waals surface area (Å²) in [5.74, 6) is 0.226. The predicted octanol–water partition coefficient (Wildman–Crippen LogP) is 6.24. The van der Waals surface area contributed by atoms with E-state index in [1.54, 1.807) is 11.3 Å². The summed E-state index contributed by atoms with van der Waals surface area (Å²) >= 11 is 13.7. The predicted molar refractivity (Wildman–Crippen MR) is 88.2 cm³/mol. The summed E-state index contributed by atoms with van der Waals surface area (Å²) in [6.45, 7) is 0. The van der Waals surface area contributed by atoms with E-state index in [9.17, 15) is 0 Å². The monoisotopic (exact) mass is 318 g/mol. The molecule has 1 aromatic heterocycles. The number of halogens is 2. The van der Waals surface area contributed by atoms with E-state index < -0.39 is 0 Å². The van der Waals surface area contributed by atoms with Gasteiger partial charge in [0, 0.05) is 20.8 Å². The van der Waals surface area contributed by atoms with Crippen molar-refractivity contribution in [2.24, 2.45) is 0 Å². The fourth-order valence-corrected chi connectivity index (χ4v) is 3.42. The van der Waals surface area contributed by atoms with Gasteiger partial charge in [-0.15, -0.1) is 11.3 Å². The van der Waals surface area contributed by atoms with Crippen LogP contribution in [0.1, 0.15) is 21.9 Å². The Morgan fingerprint density at radius 3 is 1.60 bits per heavy atom. The van der Waals surface area contributed by atoms with Crippen LogP contribution in [0, 0.1) is 0 Å². The van der Waals surface area contributed by atoms with E-state index in [1.165, 1.54) is 16.0 Å². The molecule has 0 saturated carbocycles. The largest absolute Gasteiger partial charge is 0.148 e. The molecule has 0 bridgehead atoms. The van der Waals surface area contributed by atoms with E-state index in [-0.39, 0.29) is 5.92 Å². The molecule has 0 atom stereocenters. The van der Waals surface area contributed by atoms with Crippen LogP contribution in [0.3, 0.4) is 0 Å². The molecule has 2 aromatic carbocycles. The van der Waals surface area contributed by atoms with Crippen molar-refractivity contribution in [1.82, 2.24) is 0 Å². The minimum Gasteiger partial charge on any atom is -0.148 e. The van der Waals surface area contributed by atoms with Gasteiger partial charge in [0.2, 0.25) is 0 Å². The number of thiophene rings is 1. The van der Waals surface area contributed by atoms with Crippen molar-refractivity contribution in [3.63, 3.8) is 0 Å². The Hall–Kier alpha value is -1.28. The molecular weight excluding hydrogens is 307 g/mol. The van der Waals surface area contributed by atoms with E-state index in [0.717, 1.165) is 10.0 Å². The molecule has 0 nitrogen and oxygen atoms in total. The van der Waals surface area contributed by atoms with Crippen molar-refractivity contribution in [2.45, 2.75) is 5.92 Å². The molecule has 1 heterocycles. The van der Waals surface area contributed by atoms with Gasteiger partial charge in [-0.3, -0.25) is 0 Å². The van der Waals surface area contributed by atoms with Crippen molar-refractivity contribution in [1.29, 1.82) is 0 Å². The number of hydrogen-bond donors (Lipinski definition) is 0. The van der Waals surface area contributed by atoms with Gasteiger partial charge >= 0.3 is 0 Å². The van der Waals surface area contributed by atoms with Crippen LogP contribution in [0.25, 0.3) is 0 Å². The van der Waals surface area contributed by atoms with Crippen LogP contribution in [0.4, 0.5) is 0 Å². The van der Waals surface area contributed by atoms with Crippen molar-refractivity contribution in [3.05, 3.63) is 92.1 Å². The number of benzene rings is 2. The Balaban J connectivity index is 2.09. The summed E-state index contributed by atoms with van der Waals surface area (Å²) < 4.78 is 0. The van der Waals surface area contributed by atoms with Crippen LogP contribution in [0.5, 0.6) is 0 Å². The number of hydrogen-bond acceptors (Lipinski definition) is 1. The standard InChI is InChI=1S/C17H12Cl2S/c18-14-7-3-12(4-8-14)17(16-2-1-11-20-16)13-5-9-15(19)10-6-13/h1-11,17H. The molecule has 0 radical (unpaired) electrons. The molecule has 3 heteroatoms. The van der Waals surface area contributed by atoms with Crippen LogP contribution in [-0.2, 0) is 0 Å². The molecule has 100 valence electrons. The average molecular weight is 319 g/mol. The molecule has 3 rings (SSSR count). The first-order valence-electron chi connectivity index (χ1n) is 6.28. The second-order valence-corrected chi connectivity index (χ2v) is 6.40. The third-order valence-electron chi connectivity index (χ3n) is 3.23. The summed E-state index contributed by atoms with van der Waals surface area (Å²) in [5.41, 5.74) is 2.47. The van der Waals surface area contributed by atoms with E-state index >= 15 is 0 Å². The van der Waals surface area contributed by atoms with Crippen LogP contribution in [0.15, 0.2) is 66.0 Å². The summed E-state index contributed by atoms with van der Waals surface area (Å²) in [7, 11) is 0. The summed E-state index contributed by atoms with van der Waals surface area (Å²) in [5, 5.41) is 3.62. The third kappa shape index (κ3) is 2.90. The highest BCUT2D eigenvalue weighted by atomic mass is 35.5. The Labute approximate surface area is 132 Å². The Bertz CT molecular complexity index is 625. The molecule has 0 N–H and O–H groups in total. The molecule has 0 aliphatic carbocycles. The second kappa shape index (κ2) is 6.01. The topological polar surface area (TPSA) is 0 Å². The highest BCUT2D eigenvalue weighted by molar-refractivity contribution is 7.10. The summed E-state index contributed by atoms with van der Waals surface area (Å²) in [6.07, 6.45) is 0. The van der Waals surface area contributed by atoms with Gasteiger partial charge in [-0.1, -0.05) is 53.5 Å². The van der Waals surface area contributed by atoms with Crippen LogP contribution >= 0.6 is 34.5 Å². The minimum absolute atomic E-state index is 0.226. The van der Waals surface area contributed by atoms with Crippen molar-refractivity contribution >= 4 is 34.5 Å². The third-order valence-corrected chi connectivity index (χ3v) is 4.68. The molecule has 0 amide bonds. The molecule has 0 fully saturated rings. The van der Waals surface area contributed by atoms with E-state index in [1.807, 2.05) is 24.3 Å². The van der Waals surface area contributed by atoms with Crippen LogP contribution in [0.2, 0.25) is 10.0 Å². The first-order valence-corrected chi connectivity index (χ1v) is 7.92. The Kier molecular flexibility index (Phi) is 4.11. The summed E-state index contributed by atoms with van der Waals surface area (Å²) in [4.78, 5) is 1.31. The normalized spacial score (nSPS) is 10.9. The maximum Gasteiger partial charge on any atom is 0.0433 e. The lowest BCUT2D eigenvalue weighted by Crippen LogP contribution is -2.01. The molecule has 0 spiro atoms. The molecule has 20 heavy (non-hydrogen) atoms. The van der Waals surface area contributed by atoms with Gasteiger partial charge in [-0.25, -0.2) is 0 Å². The molecule has 0 unspecified atom stereocenters. The lowest BCUT2D eigenvalue weighted by Gasteiger charge is -2.17. The Morgan fingerprint density at radius 2 is 1.20 bits per heavy atom. The van der Waals surface area contributed by atoms with Gasteiger partial charge in [-0.05, 0) is 46.8 Å². The molecule has 0 saturated heterocycles. The maximum absolute atomic E-state index is 5.99. The van der Waals surface area contributed by atoms with Gasteiger partial charge in [0.1, 0.15) is 0 Å².